The summed E-state index contributed by atoms with van der Waals surface area (Å²) in [5, 5.41) is 4.98. The number of nitrogens with zero attached hydrogens (tertiary/aromatic N) is 4. The topological polar surface area (TPSA) is 92.1 Å². The highest BCUT2D eigenvalue weighted by atomic mass is 35.5. The van der Waals surface area contributed by atoms with Crippen molar-refractivity contribution in [1.29, 1.82) is 0 Å². The second kappa shape index (κ2) is 12.1. The summed E-state index contributed by atoms with van der Waals surface area (Å²) in [5.41, 5.74) is 1.55. The first-order chi connectivity index (χ1) is 17.8. The maximum absolute atomic E-state index is 13.7. The van der Waals surface area contributed by atoms with Crippen LogP contribution in [0.15, 0.2) is 53.5 Å². The average molecular weight is 547 g/mol. The molecule has 0 spiro atoms. The van der Waals surface area contributed by atoms with Crippen molar-refractivity contribution in [1.82, 2.24) is 14.1 Å². The third kappa shape index (κ3) is 6.15. The van der Waals surface area contributed by atoms with Gasteiger partial charge in [0.2, 0.25) is 5.75 Å². The molecule has 2 aromatic carbocycles. The highest BCUT2D eigenvalue weighted by Gasteiger charge is 2.30. The van der Waals surface area contributed by atoms with Gasteiger partial charge < -0.3 is 23.7 Å². The van der Waals surface area contributed by atoms with Gasteiger partial charge in [0.1, 0.15) is 17.5 Å². The number of rotatable bonds is 9. The molecule has 1 aliphatic rings. The van der Waals surface area contributed by atoms with Crippen LogP contribution in [0, 0.1) is 0 Å². The number of anilines is 1. The van der Waals surface area contributed by atoms with E-state index in [9.17, 15) is 9.35 Å². The zero-order chi connectivity index (χ0) is 26.5. The predicted octanol–water partition coefficient (Wildman–Crippen LogP) is 3.68. The molecule has 0 radical (unpaired) electrons. The molecule has 1 aromatic heterocycles. The van der Waals surface area contributed by atoms with Crippen LogP contribution < -0.4 is 24.7 Å². The van der Waals surface area contributed by atoms with E-state index in [2.05, 4.69) is 10.00 Å². The first-order valence-corrected chi connectivity index (χ1v) is 13.5. The van der Waals surface area contributed by atoms with Gasteiger partial charge in [-0.25, -0.2) is 0 Å². The Morgan fingerprint density at radius 1 is 1.05 bits per heavy atom. The van der Waals surface area contributed by atoms with Crippen LogP contribution in [0.1, 0.15) is 19.4 Å². The van der Waals surface area contributed by atoms with E-state index in [4.69, 9.17) is 25.8 Å². The molecule has 37 heavy (non-hydrogen) atoms. The molecule has 2 heterocycles. The number of aromatic nitrogens is 2. The lowest BCUT2D eigenvalue weighted by molar-refractivity contribution is 0.295. The molecule has 3 aromatic rings. The summed E-state index contributed by atoms with van der Waals surface area (Å²) in [6.45, 7) is 6.43. The van der Waals surface area contributed by atoms with Gasteiger partial charge in [0.05, 0.1) is 39.2 Å². The van der Waals surface area contributed by atoms with Crippen LogP contribution in [0.25, 0.3) is 5.69 Å². The minimum Gasteiger partial charge on any atom is -0.598 e. The van der Waals surface area contributed by atoms with E-state index in [0.29, 0.717) is 54.1 Å². The Hall–Kier alpha value is -2.92. The molecule has 0 bridgehead atoms. The molecular weight excluding hydrogens is 516 g/mol. The summed E-state index contributed by atoms with van der Waals surface area (Å²) in [4.78, 5) is 15.7. The number of piperazine rings is 1. The molecule has 0 aliphatic carbocycles. The van der Waals surface area contributed by atoms with Crippen molar-refractivity contribution in [2.24, 2.45) is 0 Å². The maximum atomic E-state index is 13.7. The number of hydrogen-bond donors (Lipinski definition) is 0. The van der Waals surface area contributed by atoms with E-state index in [1.54, 1.807) is 50.7 Å². The van der Waals surface area contributed by atoms with Crippen LogP contribution in [-0.2, 0) is 18.0 Å². The van der Waals surface area contributed by atoms with Gasteiger partial charge >= 0.3 is 5.56 Å². The second-order valence-corrected chi connectivity index (χ2v) is 11.2. The summed E-state index contributed by atoms with van der Waals surface area (Å²) in [5.74, 6) is 1.36. The molecule has 9 nitrogen and oxygen atoms in total. The Balaban J connectivity index is 1.65. The Bertz CT molecular complexity index is 1280. The van der Waals surface area contributed by atoms with Gasteiger partial charge in [-0.1, -0.05) is 23.7 Å². The Morgan fingerprint density at radius 2 is 1.78 bits per heavy atom. The van der Waals surface area contributed by atoms with Crippen LogP contribution in [0.5, 0.6) is 17.2 Å². The van der Waals surface area contributed by atoms with E-state index in [0.717, 1.165) is 5.56 Å². The normalized spacial score (nSPS) is 15.1. The molecular formula is C26H31ClN4O5S. The molecule has 0 N–H and O–H groups in total. The summed E-state index contributed by atoms with van der Waals surface area (Å²) in [6, 6.07) is 12.4. The zero-order valence-corrected chi connectivity index (χ0v) is 22.9. The molecule has 1 fully saturated rings. The predicted molar refractivity (Wildman–Crippen MR) is 146 cm³/mol. The fourth-order valence-electron chi connectivity index (χ4n) is 4.11. The number of benzene rings is 2. The first kappa shape index (κ1) is 27.1. The Labute approximate surface area is 224 Å². The lowest BCUT2D eigenvalue weighted by atomic mass is 10.2. The summed E-state index contributed by atoms with van der Waals surface area (Å²) >= 11 is 5.12. The van der Waals surface area contributed by atoms with E-state index in [-0.39, 0.29) is 17.6 Å². The van der Waals surface area contributed by atoms with Crippen LogP contribution >= 0.6 is 11.6 Å². The van der Waals surface area contributed by atoms with Crippen molar-refractivity contribution < 1.29 is 18.8 Å². The van der Waals surface area contributed by atoms with Crippen LogP contribution in [-0.4, -0.2) is 64.3 Å². The molecule has 1 atom stereocenters. The first-order valence-electron chi connectivity index (χ1n) is 11.9. The molecule has 11 heteroatoms. The van der Waals surface area contributed by atoms with Crippen molar-refractivity contribution in [2.45, 2.75) is 25.7 Å². The molecule has 4 rings (SSSR count). The fourth-order valence-corrected chi connectivity index (χ4v) is 5.42. The second-order valence-electron chi connectivity index (χ2n) is 8.77. The van der Waals surface area contributed by atoms with E-state index >= 15 is 0 Å². The Morgan fingerprint density at radius 3 is 2.43 bits per heavy atom. The largest absolute Gasteiger partial charge is 0.598 e. The Kier molecular flexibility index (Phi) is 8.86. The van der Waals surface area contributed by atoms with E-state index < -0.39 is 16.9 Å². The highest BCUT2D eigenvalue weighted by molar-refractivity contribution is 7.89. The fraction of sp³-hybridized carbons (Fsp3) is 0.385. The smallest absolute Gasteiger partial charge is 0.316 e. The molecule has 1 saturated heterocycles. The standard InChI is InChI=1S/C26H31ClN4O5S/c1-18(2)37(33)30-12-10-29(11-13-30)22-16-28-31(21-7-5-6-20(27)15-21)26(32)25(22)36-17-19-8-9-23(34-3)24(14-19)35-4/h5-9,14-16,18H,10-13,17H2,1-4H3. The molecule has 1 unspecified atom stereocenters. The third-order valence-corrected chi connectivity index (χ3v) is 7.95. The minimum atomic E-state index is -1.05. The lowest BCUT2D eigenvalue weighted by Crippen LogP contribution is -2.50. The van der Waals surface area contributed by atoms with Gasteiger partial charge in [0, 0.05) is 29.5 Å². The maximum Gasteiger partial charge on any atom is 0.316 e. The van der Waals surface area contributed by atoms with Crippen LogP contribution in [0.3, 0.4) is 0 Å². The summed E-state index contributed by atoms with van der Waals surface area (Å²) < 4.78 is 32.7. The SMILES string of the molecule is COc1ccc(COc2c(N3CCN([S+]([O-])C(C)C)CC3)cnn(-c3cccc(Cl)c3)c2=O)cc1OC. The number of methoxy groups -OCH3 is 2. The highest BCUT2D eigenvalue weighted by Crippen LogP contribution is 2.30. The molecule has 0 amide bonds. The number of halogens is 1. The third-order valence-electron chi connectivity index (χ3n) is 6.04. The van der Waals surface area contributed by atoms with Crippen molar-refractivity contribution >= 4 is 28.7 Å². The zero-order valence-electron chi connectivity index (χ0n) is 21.3. The number of ether oxygens (including phenoxy) is 3. The van der Waals surface area contributed by atoms with Crippen molar-refractivity contribution in [2.75, 3.05) is 45.3 Å². The van der Waals surface area contributed by atoms with Gasteiger partial charge in [-0.15, -0.1) is 4.31 Å². The van der Waals surface area contributed by atoms with Crippen molar-refractivity contribution in [3.63, 3.8) is 0 Å². The molecule has 198 valence electrons. The van der Waals surface area contributed by atoms with Crippen LogP contribution in [0.4, 0.5) is 5.69 Å². The lowest BCUT2D eigenvalue weighted by Gasteiger charge is -2.36. The van der Waals surface area contributed by atoms with E-state index in [1.807, 2.05) is 30.3 Å². The average Bonchev–Trinajstić information content (AvgIpc) is 2.91. The van der Waals surface area contributed by atoms with Gasteiger partial charge in [0.15, 0.2) is 11.5 Å². The van der Waals surface area contributed by atoms with Crippen LogP contribution in [0.2, 0.25) is 5.02 Å². The monoisotopic (exact) mass is 546 g/mol. The van der Waals surface area contributed by atoms with Crippen molar-refractivity contribution in [3.05, 3.63) is 69.6 Å². The van der Waals surface area contributed by atoms with E-state index in [1.165, 1.54) is 4.68 Å². The minimum absolute atomic E-state index is 0.0511. The summed E-state index contributed by atoms with van der Waals surface area (Å²) in [7, 11) is 3.14. The number of hydrogen-bond acceptors (Lipinski definition) is 8. The summed E-state index contributed by atoms with van der Waals surface area (Å²) in [6.07, 6.45) is 1.64. The molecule has 0 saturated carbocycles. The van der Waals surface area contributed by atoms with Crippen molar-refractivity contribution in [3.8, 4) is 22.9 Å². The molecule has 1 aliphatic heterocycles. The van der Waals surface area contributed by atoms with Gasteiger partial charge in [-0.05, 0) is 49.7 Å². The van der Waals surface area contributed by atoms with Gasteiger partial charge in [-0.3, -0.25) is 4.79 Å². The quantitative estimate of drug-likeness (QED) is 0.375. The van der Waals surface area contributed by atoms with Gasteiger partial charge in [-0.2, -0.15) is 9.78 Å². The van der Waals surface area contributed by atoms with Gasteiger partial charge in [0.25, 0.3) is 0 Å².